The van der Waals surface area contributed by atoms with Crippen LogP contribution < -0.4 is 10.6 Å². The van der Waals surface area contributed by atoms with Gasteiger partial charge in [0.15, 0.2) is 0 Å². The minimum Gasteiger partial charge on any atom is -0.370 e. The van der Waals surface area contributed by atoms with Gasteiger partial charge in [0.1, 0.15) is 0 Å². The molecule has 1 saturated heterocycles. The van der Waals surface area contributed by atoms with E-state index in [9.17, 15) is 0 Å². The van der Waals surface area contributed by atoms with Gasteiger partial charge in [0.25, 0.3) is 0 Å². The van der Waals surface area contributed by atoms with Crippen LogP contribution in [0.2, 0.25) is 0 Å². The van der Waals surface area contributed by atoms with Crippen LogP contribution in [0.5, 0.6) is 0 Å². The van der Waals surface area contributed by atoms with E-state index in [0.29, 0.717) is 5.92 Å². The second-order valence-electron chi connectivity index (χ2n) is 6.37. The first-order valence-corrected chi connectivity index (χ1v) is 8.65. The first-order chi connectivity index (χ1) is 10.1. The van der Waals surface area contributed by atoms with Crippen molar-refractivity contribution in [2.24, 2.45) is 11.7 Å². The Labute approximate surface area is 131 Å². The van der Waals surface area contributed by atoms with Crippen molar-refractivity contribution in [3.63, 3.8) is 0 Å². The molecule has 3 rings (SSSR count). The summed E-state index contributed by atoms with van der Waals surface area (Å²) in [6, 6.07) is 9.28. The molecule has 2 N–H and O–H groups in total. The van der Waals surface area contributed by atoms with Crippen LogP contribution in [0, 0.1) is 19.8 Å². The zero-order valence-corrected chi connectivity index (χ0v) is 13.7. The van der Waals surface area contributed by atoms with Crippen LogP contribution in [0.1, 0.15) is 23.1 Å². The molecule has 2 aromatic rings. The van der Waals surface area contributed by atoms with E-state index in [0.717, 1.165) is 25.9 Å². The fourth-order valence-corrected chi connectivity index (χ4v) is 3.95. The highest BCUT2D eigenvalue weighted by atomic mass is 32.1. The summed E-state index contributed by atoms with van der Waals surface area (Å²) < 4.78 is 0. The Morgan fingerprint density at radius 2 is 2.05 bits per heavy atom. The lowest BCUT2D eigenvalue weighted by Gasteiger charge is -2.38. The van der Waals surface area contributed by atoms with Gasteiger partial charge in [-0.25, -0.2) is 0 Å². The Balaban J connectivity index is 1.74. The summed E-state index contributed by atoms with van der Waals surface area (Å²) in [7, 11) is 0. The molecule has 0 spiro atoms. The Hall–Kier alpha value is -1.32. The number of nitrogens with zero attached hydrogens (tertiary/aromatic N) is 1. The van der Waals surface area contributed by atoms with E-state index < -0.39 is 0 Å². The predicted octanol–water partition coefficient (Wildman–Crippen LogP) is 3.76. The molecule has 0 bridgehead atoms. The number of anilines is 1. The molecular formula is C18H24N2S. The fraction of sp³-hybridized carbons (Fsp3) is 0.444. The predicted molar refractivity (Wildman–Crippen MR) is 92.2 cm³/mol. The van der Waals surface area contributed by atoms with Gasteiger partial charge in [-0.05, 0) is 78.3 Å². The molecule has 1 aliphatic rings. The second-order valence-corrected chi connectivity index (χ2v) is 7.15. The summed E-state index contributed by atoms with van der Waals surface area (Å²) in [6.45, 7) is 6.45. The third kappa shape index (κ3) is 3.47. The normalized spacial score (nSPS) is 22.5. The molecule has 3 heteroatoms. The van der Waals surface area contributed by atoms with Crippen LogP contribution in [0.15, 0.2) is 35.0 Å². The third-order valence-electron chi connectivity index (χ3n) is 4.53. The number of benzene rings is 1. The average Bonchev–Trinajstić information content (AvgIpc) is 2.94. The van der Waals surface area contributed by atoms with Crippen molar-refractivity contribution >= 4 is 17.0 Å². The van der Waals surface area contributed by atoms with Crippen molar-refractivity contribution in [2.45, 2.75) is 32.7 Å². The lowest BCUT2D eigenvalue weighted by molar-refractivity contribution is 0.375. The summed E-state index contributed by atoms with van der Waals surface area (Å²) >= 11 is 1.78. The molecule has 0 aliphatic carbocycles. The molecular weight excluding hydrogens is 276 g/mol. The molecule has 21 heavy (non-hydrogen) atoms. The SMILES string of the molecule is Cc1ccc(N2CC(N)CC(Cc3ccsc3)C2)cc1C. The van der Waals surface area contributed by atoms with E-state index in [4.69, 9.17) is 5.73 Å². The molecule has 2 atom stereocenters. The molecule has 1 aliphatic heterocycles. The highest BCUT2D eigenvalue weighted by Gasteiger charge is 2.25. The van der Waals surface area contributed by atoms with Crippen molar-refractivity contribution in [1.29, 1.82) is 0 Å². The first-order valence-electron chi connectivity index (χ1n) is 7.70. The Morgan fingerprint density at radius 1 is 1.19 bits per heavy atom. The van der Waals surface area contributed by atoms with E-state index in [1.54, 1.807) is 11.3 Å². The number of piperidine rings is 1. The molecule has 0 radical (unpaired) electrons. The largest absolute Gasteiger partial charge is 0.370 e. The number of rotatable bonds is 3. The van der Waals surface area contributed by atoms with Crippen molar-refractivity contribution in [3.8, 4) is 0 Å². The molecule has 0 amide bonds. The van der Waals surface area contributed by atoms with Gasteiger partial charge in [-0.1, -0.05) is 6.07 Å². The van der Waals surface area contributed by atoms with Crippen LogP contribution in [0.25, 0.3) is 0 Å². The quantitative estimate of drug-likeness (QED) is 0.935. The smallest absolute Gasteiger partial charge is 0.0369 e. The maximum absolute atomic E-state index is 6.31. The Morgan fingerprint density at radius 3 is 2.76 bits per heavy atom. The summed E-state index contributed by atoms with van der Waals surface area (Å²) in [5.74, 6) is 0.657. The number of thiophene rings is 1. The minimum absolute atomic E-state index is 0.281. The zero-order valence-electron chi connectivity index (χ0n) is 12.9. The Kier molecular flexibility index (Phi) is 4.32. The first kappa shape index (κ1) is 14.6. The fourth-order valence-electron chi connectivity index (χ4n) is 3.27. The average molecular weight is 300 g/mol. The Bertz CT molecular complexity index is 591. The van der Waals surface area contributed by atoms with Crippen molar-refractivity contribution < 1.29 is 0 Å². The maximum atomic E-state index is 6.31. The molecule has 2 heterocycles. The van der Waals surface area contributed by atoms with Gasteiger partial charge < -0.3 is 10.6 Å². The van der Waals surface area contributed by atoms with E-state index in [2.05, 4.69) is 53.8 Å². The molecule has 1 aromatic carbocycles. The van der Waals surface area contributed by atoms with Gasteiger partial charge in [0.2, 0.25) is 0 Å². The van der Waals surface area contributed by atoms with Crippen LogP contribution in [0.4, 0.5) is 5.69 Å². The summed E-state index contributed by atoms with van der Waals surface area (Å²) in [6.07, 6.45) is 2.29. The van der Waals surface area contributed by atoms with Crippen molar-refractivity contribution in [2.75, 3.05) is 18.0 Å². The zero-order chi connectivity index (χ0) is 14.8. The highest BCUT2D eigenvalue weighted by molar-refractivity contribution is 7.07. The van der Waals surface area contributed by atoms with Crippen molar-refractivity contribution in [3.05, 3.63) is 51.7 Å². The van der Waals surface area contributed by atoms with Gasteiger partial charge in [0, 0.05) is 24.8 Å². The molecule has 0 saturated carbocycles. The number of hydrogen-bond acceptors (Lipinski definition) is 3. The van der Waals surface area contributed by atoms with Crippen LogP contribution in [0.3, 0.4) is 0 Å². The second kappa shape index (κ2) is 6.20. The lowest BCUT2D eigenvalue weighted by atomic mass is 9.89. The lowest BCUT2D eigenvalue weighted by Crippen LogP contribution is -2.47. The monoisotopic (exact) mass is 300 g/mol. The maximum Gasteiger partial charge on any atom is 0.0369 e. The van der Waals surface area contributed by atoms with Gasteiger partial charge >= 0.3 is 0 Å². The summed E-state index contributed by atoms with van der Waals surface area (Å²) in [5.41, 5.74) is 11.8. The molecule has 1 fully saturated rings. The van der Waals surface area contributed by atoms with Gasteiger partial charge in [-0.3, -0.25) is 0 Å². The molecule has 2 unspecified atom stereocenters. The van der Waals surface area contributed by atoms with E-state index in [1.165, 1.54) is 22.4 Å². The number of nitrogens with two attached hydrogens (primary N) is 1. The van der Waals surface area contributed by atoms with Crippen LogP contribution in [-0.2, 0) is 6.42 Å². The summed E-state index contributed by atoms with van der Waals surface area (Å²) in [4.78, 5) is 2.47. The molecule has 1 aromatic heterocycles. The minimum atomic E-state index is 0.281. The number of hydrogen-bond donors (Lipinski definition) is 1. The molecule has 112 valence electrons. The number of aryl methyl sites for hydroxylation is 2. The molecule has 2 nitrogen and oxygen atoms in total. The standard InChI is InChI=1S/C18H24N2S/c1-13-3-4-18(7-14(13)2)20-10-16(9-17(19)11-20)8-15-5-6-21-12-15/h3-7,12,16-17H,8-11,19H2,1-2H3. The van der Waals surface area contributed by atoms with E-state index >= 15 is 0 Å². The third-order valence-corrected chi connectivity index (χ3v) is 5.26. The summed E-state index contributed by atoms with van der Waals surface area (Å²) in [5, 5.41) is 4.43. The van der Waals surface area contributed by atoms with Gasteiger partial charge in [0.05, 0.1) is 0 Å². The van der Waals surface area contributed by atoms with E-state index in [-0.39, 0.29) is 6.04 Å². The van der Waals surface area contributed by atoms with Crippen LogP contribution in [-0.4, -0.2) is 19.1 Å². The van der Waals surface area contributed by atoms with E-state index in [1.807, 2.05) is 0 Å². The van der Waals surface area contributed by atoms with Gasteiger partial charge in [-0.15, -0.1) is 0 Å². The highest BCUT2D eigenvalue weighted by Crippen LogP contribution is 2.27. The van der Waals surface area contributed by atoms with Crippen molar-refractivity contribution in [1.82, 2.24) is 0 Å². The topological polar surface area (TPSA) is 29.3 Å². The van der Waals surface area contributed by atoms with Gasteiger partial charge in [-0.2, -0.15) is 11.3 Å². The van der Waals surface area contributed by atoms with Crippen LogP contribution >= 0.6 is 11.3 Å².